The molecule has 1 fully saturated rings. The van der Waals surface area contributed by atoms with E-state index in [-0.39, 0.29) is 24.6 Å². The number of ether oxygens (including phenoxy) is 2. The van der Waals surface area contributed by atoms with Gasteiger partial charge in [0.2, 0.25) is 0 Å². The minimum absolute atomic E-state index is 0.0689. The highest BCUT2D eigenvalue weighted by atomic mass is 16.5. The van der Waals surface area contributed by atoms with Crippen LogP contribution in [0.25, 0.3) is 0 Å². The van der Waals surface area contributed by atoms with Gasteiger partial charge in [-0.15, -0.1) is 16.6 Å². The lowest BCUT2D eigenvalue weighted by atomic mass is 9.81. The van der Waals surface area contributed by atoms with Gasteiger partial charge in [-0.2, -0.15) is 0 Å². The lowest BCUT2D eigenvalue weighted by Gasteiger charge is -2.22. The van der Waals surface area contributed by atoms with Gasteiger partial charge in [-0.25, -0.2) is 0 Å². The Hall–Kier alpha value is -2.45. The molecule has 1 saturated carbocycles. The fourth-order valence-corrected chi connectivity index (χ4v) is 6.06. The molecule has 3 unspecified atom stereocenters. The van der Waals surface area contributed by atoms with Crippen LogP contribution in [0.4, 0.5) is 0 Å². The molecule has 1 aliphatic carbocycles. The first-order valence-electron chi connectivity index (χ1n) is 15.3. The van der Waals surface area contributed by atoms with Gasteiger partial charge in [0, 0.05) is 26.1 Å². The minimum Gasteiger partial charge on any atom is -0.504 e. The molecule has 2 aliphatic heterocycles. The molecule has 40 heavy (non-hydrogen) atoms. The summed E-state index contributed by atoms with van der Waals surface area (Å²) in [7, 11) is 0. The zero-order valence-electron chi connectivity index (χ0n) is 24.3. The van der Waals surface area contributed by atoms with Gasteiger partial charge >= 0.3 is 0 Å². The number of aliphatic hydroxyl groups excluding tert-OH is 2. The summed E-state index contributed by atoms with van der Waals surface area (Å²) in [5, 5.41) is 33.2. The van der Waals surface area contributed by atoms with E-state index in [9.17, 15) is 15.3 Å². The predicted molar refractivity (Wildman–Crippen MR) is 160 cm³/mol. The first-order valence-corrected chi connectivity index (χ1v) is 15.3. The average molecular weight is 554 g/mol. The molecule has 1 aromatic carbocycles. The first kappa shape index (κ1) is 30.5. The molecule has 7 nitrogen and oxygen atoms in total. The SMILES string of the molecule is CCCCC1[OH+][C-](CCc2ccc(O)c(OCCC3=C[C+](C(CNCC(C)O)C4CCCC4)C=N3)c2)C=C1CO. The van der Waals surface area contributed by atoms with Crippen LogP contribution in [0.15, 0.2) is 46.6 Å². The number of nitrogens with zero attached hydrogens (tertiary/aromatic N) is 1. The second-order valence-electron chi connectivity index (χ2n) is 11.6. The molecule has 7 heteroatoms. The normalized spacial score (nSPS) is 20.8. The van der Waals surface area contributed by atoms with Gasteiger partial charge < -0.3 is 30.1 Å². The third kappa shape index (κ3) is 8.77. The molecular formula is C33H49N2O5+. The molecule has 0 bridgehead atoms. The Bertz CT molecular complexity index is 1010. The summed E-state index contributed by atoms with van der Waals surface area (Å²) in [4.78, 5) is 4.68. The van der Waals surface area contributed by atoms with E-state index in [1.54, 1.807) is 6.07 Å². The van der Waals surface area contributed by atoms with E-state index in [2.05, 4.69) is 29.4 Å². The van der Waals surface area contributed by atoms with Crippen molar-refractivity contribution < 1.29 is 24.8 Å². The lowest BCUT2D eigenvalue weighted by Crippen LogP contribution is -2.35. The summed E-state index contributed by atoms with van der Waals surface area (Å²) >= 11 is 0. The van der Waals surface area contributed by atoms with Crippen molar-refractivity contribution in [1.29, 1.82) is 0 Å². The van der Waals surface area contributed by atoms with Crippen molar-refractivity contribution in [2.24, 2.45) is 16.8 Å². The number of aromatic hydroxyl groups is 1. The molecule has 4 rings (SSSR count). The molecule has 0 saturated heterocycles. The lowest BCUT2D eigenvalue weighted by molar-refractivity contribution is -0.0550. The topological polar surface area (TPSA) is 107 Å². The second kappa shape index (κ2) is 15.5. The van der Waals surface area contributed by atoms with E-state index >= 15 is 0 Å². The van der Waals surface area contributed by atoms with E-state index in [1.165, 1.54) is 31.6 Å². The van der Waals surface area contributed by atoms with E-state index in [0.717, 1.165) is 61.6 Å². The van der Waals surface area contributed by atoms with Gasteiger partial charge in [0.1, 0.15) is 30.9 Å². The van der Waals surface area contributed by atoms with Crippen LogP contribution >= 0.6 is 0 Å². The Morgan fingerprint density at radius 1 is 1.23 bits per heavy atom. The molecular weight excluding hydrogens is 504 g/mol. The third-order valence-electron chi connectivity index (χ3n) is 8.34. The second-order valence-corrected chi connectivity index (χ2v) is 11.6. The Morgan fingerprint density at radius 3 is 2.80 bits per heavy atom. The highest BCUT2D eigenvalue weighted by Gasteiger charge is 2.37. The Morgan fingerprint density at radius 2 is 2.05 bits per heavy atom. The number of rotatable bonds is 17. The quantitative estimate of drug-likeness (QED) is 0.161. The number of hydrogen-bond donors (Lipinski definition) is 4. The maximum Gasteiger partial charge on any atom is 0.178 e. The van der Waals surface area contributed by atoms with Crippen LogP contribution in [0.1, 0.15) is 77.2 Å². The Balaban J connectivity index is 1.26. The molecule has 0 radical (unpaired) electrons. The number of nitrogens with one attached hydrogen (secondary N) is 1. The molecule has 0 amide bonds. The van der Waals surface area contributed by atoms with Gasteiger partial charge in [-0.1, -0.05) is 32.3 Å². The van der Waals surface area contributed by atoms with Crippen LogP contribution in [-0.4, -0.2) is 64.8 Å². The number of hydrogen-bond acceptors (Lipinski definition) is 6. The molecule has 0 spiro atoms. The van der Waals surface area contributed by atoms with Gasteiger partial charge in [0.05, 0.1) is 24.5 Å². The van der Waals surface area contributed by atoms with Crippen molar-refractivity contribution in [3.05, 3.63) is 59.2 Å². The summed E-state index contributed by atoms with van der Waals surface area (Å²) in [6.45, 7) is 5.96. The van der Waals surface area contributed by atoms with Gasteiger partial charge in [0.25, 0.3) is 0 Å². The molecule has 220 valence electrons. The highest BCUT2D eigenvalue weighted by Crippen LogP contribution is 2.38. The van der Waals surface area contributed by atoms with Gasteiger partial charge in [0.15, 0.2) is 17.2 Å². The number of phenolic OH excluding ortho intramolecular Hbond substituents is 1. The summed E-state index contributed by atoms with van der Waals surface area (Å²) in [5.41, 5.74) is 3.12. The first-order chi connectivity index (χ1) is 19.5. The van der Waals surface area contributed by atoms with Crippen molar-refractivity contribution in [3.8, 4) is 11.5 Å². The number of allylic oxidation sites excluding steroid dienone is 1. The van der Waals surface area contributed by atoms with Crippen LogP contribution < -0.4 is 10.1 Å². The van der Waals surface area contributed by atoms with Crippen molar-refractivity contribution in [1.82, 2.24) is 5.32 Å². The molecule has 5 N–H and O–H groups in total. The van der Waals surface area contributed by atoms with E-state index in [4.69, 9.17) is 9.47 Å². The van der Waals surface area contributed by atoms with Gasteiger partial charge in [-0.05, 0) is 62.6 Å². The minimum atomic E-state index is -0.347. The number of unbranched alkanes of at least 4 members (excludes halogenated alkanes) is 1. The molecule has 3 atom stereocenters. The molecule has 0 aromatic heterocycles. The third-order valence-corrected chi connectivity index (χ3v) is 8.34. The number of aliphatic hydroxyl groups is 4. The number of aryl methyl sites for hydroxylation is 1. The number of phenols is 1. The average Bonchev–Trinajstić information content (AvgIpc) is 3.72. The maximum atomic E-state index is 10.4. The number of aliphatic imine (C=N–C) groups is 1. The summed E-state index contributed by atoms with van der Waals surface area (Å²) in [6.07, 6.45) is 17.7. The molecule has 1 aromatic rings. The zero-order valence-corrected chi connectivity index (χ0v) is 24.3. The van der Waals surface area contributed by atoms with E-state index in [1.807, 2.05) is 25.3 Å². The van der Waals surface area contributed by atoms with Crippen molar-refractivity contribution in [2.75, 3.05) is 26.3 Å². The predicted octanol–water partition coefficient (Wildman–Crippen LogP) is 4.96. The van der Waals surface area contributed by atoms with Crippen molar-refractivity contribution in [3.63, 3.8) is 0 Å². The smallest absolute Gasteiger partial charge is 0.178 e. The van der Waals surface area contributed by atoms with Crippen LogP contribution in [-0.2, 0) is 6.42 Å². The monoisotopic (exact) mass is 553 g/mol. The Kier molecular flexibility index (Phi) is 11.8. The molecule has 3 aliphatic rings. The summed E-state index contributed by atoms with van der Waals surface area (Å²) in [6, 6.07) is 5.55. The highest BCUT2D eigenvalue weighted by molar-refractivity contribution is 5.83. The van der Waals surface area contributed by atoms with Crippen LogP contribution in [0.2, 0.25) is 0 Å². The molecule has 2 heterocycles. The van der Waals surface area contributed by atoms with E-state index in [0.29, 0.717) is 37.2 Å². The fourth-order valence-electron chi connectivity index (χ4n) is 6.06. The summed E-state index contributed by atoms with van der Waals surface area (Å²) in [5.74, 6) is 2.99. The Labute approximate surface area is 240 Å². The van der Waals surface area contributed by atoms with Crippen LogP contribution in [0, 0.1) is 23.9 Å². The van der Waals surface area contributed by atoms with Crippen molar-refractivity contribution >= 4 is 6.21 Å². The summed E-state index contributed by atoms with van der Waals surface area (Å²) < 4.78 is 10.8. The van der Waals surface area contributed by atoms with Crippen molar-refractivity contribution in [2.45, 2.75) is 90.3 Å². The van der Waals surface area contributed by atoms with Crippen LogP contribution in [0.5, 0.6) is 11.5 Å². The largest absolute Gasteiger partial charge is 0.504 e. The van der Waals surface area contributed by atoms with E-state index < -0.39 is 0 Å². The maximum absolute atomic E-state index is 10.4. The standard InChI is InChI=1S/C33H48N2O5/c1-3-4-9-32-27(22-36)18-29(40-32)12-10-24-11-13-31(38)33(16-24)39-15-14-28-17-26(20-35-28)30(21-34-19-23(2)37)25-7-5-6-8-25/h11,13,16-18,20,23,25,30,32,34,36-37,40H,3-10,12,14-15,19,21-22H2,1-2H3/p+1. The van der Waals surface area contributed by atoms with Gasteiger partial charge in [-0.3, -0.25) is 0 Å². The fraction of sp³-hybridized carbons (Fsp3) is 0.606. The number of benzene rings is 1. The zero-order chi connectivity index (χ0) is 28.3. The van der Waals surface area contributed by atoms with Crippen LogP contribution in [0.3, 0.4) is 0 Å².